The van der Waals surface area contributed by atoms with Crippen LogP contribution in [0.2, 0.25) is 0 Å². The summed E-state index contributed by atoms with van der Waals surface area (Å²) < 4.78 is 106. The Kier molecular flexibility index (Phi) is 16.6. The lowest BCUT2D eigenvalue weighted by atomic mass is 10.1. The van der Waals surface area contributed by atoms with Gasteiger partial charge in [0, 0.05) is 13.8 Å². The normalized spacial score (nSPS) is 11.6. The van der Waals surface area contributed by atoms with Crippen LogP contribution >= 0.6 is 0 Å². The Labute approximate surface area is 297 Å². The summed E-state index contributed by atoms with van der Waals surface area (Å²) in [5.41, 5.74) is 9.30. The maximum absolute atomic E-state index is 12.9. The standard InChI is InChI=1S/C22H22F2N2O2.C12H16F2N2O3S.O2S/c1-3-17-11-19(27-14-16-7-5-4-6-8-16)13-26-21(17)20-10-9-18(12-25-20)28-15-22(2,23)24;1-3-20(17,18)7-10(15)11-5-4-9(6-16-11)19-8-12(2,13)14;1-3-2/h4-13H,3,14-15H2,1-2H3;4-7H,3,8,15H2,1-2H3;. The molecule has 0 bridgehead atoms. The molecule has 0 spiro atoms. The first-order valence-corrected chi connectivity index (χ1v) is 17.6. The molecule has 51 heavy (non-hydrogen) atoms. The summed E-state index contributed by atoms with van der Waals surface area (Å²) in [5.74, 6) is -4.75. The number of hydrogen-bond acceptors (Lipinski definition) is 11. The number of nitrogens with zero attached hydrogens (tertiary/aromatic N) is 3. The van der Waals surface area contributed by atoms with Crippen LogP contribution < -0.4 is 19.9 Å². The summed E-state index contributed by atoms with van der Waals surface area (Å²) in [6.07, 6.45) is 5.07. The highest BCUT2D eigenvalue weighted by atomic mass is 32.2. The Bertz CT molecular complexity index is 1830. The topological polar surface area (TPSA) is 161 Å². The molecule has 2 N–H and O–H groups in total. The van der Waals surface area contributed by atoms with E-state index in [1.54, 1.807) is 18.3 Å². The van der Waals surface area contributed by atoms with Crippen LogP contribution in [0.5, 0.6) is 17.2 Å². The van der Waals surface area contributed by atoms with Crippen molar-refractivity contribution in [2.75, 3.05) is 19.0 Å². The maximum Gasteiger partial charge on any atom is 0.335 e. The number of benzene rings is 1. The lowest BCUT2D eigenvalue weighted by Gasteiger charge is -2.13. The maximum atomic E-state index is 12.9. The molecule has 0 saturated carbocycles. The number of hydrogen-bond donors (Lipinski definition) is 1. The number of alkyl halides is 4. The molecular formula is C34H38F4N4O7S2. The van der Waals surface area contributed by atoms with E-state index in [4.69, 9.17) is 28.4 Å². The van der Waals surface area contributed by atoms with E-state index in [9.17, 15) is 26.0 Å². The molecule has 3 aromatic heterocycles. The quantitative estimate of drug-likeness (QED) is 0.141. The van der Waals surface area contributed by atoms with Gasteiger partial charge in [0.15, 0.2) is 23.1 Å². The first-order valence-electron chi connectivity index (χ1n) is 15.2. The first-order chi connectivity index (χ1) is 24.0. The van der Waals surface area contributed by atoms with Gasteiger partial charge in [0.05, 0.1) is 52.5 Å². The second kappa shape index (κ2) is 20.1. The SMILES string of the molecule is CCS(=O)(=O)C=C(N)c1ccc(OCC(C)(F)F)cn1.CCc1cc(OCc2ccccc2)cnc1-c1ccc(OCC(C)(F)F)cn1.O=S=O. The number of pyridine rings is 3. The third-order valence-electron chi connectivity index (χ3n) is 6.28. The minimum absolute atomic E-state index is 0.0146. The highest BCUT2D eigenvalue weighted by Gasteiger charge is 2.23. The minimum atomic E-state index is -3.36. The summed E-state index contributed by atoms with van der Waals surface area (Å²) in [5, 5.41) is 0.927. The Morgan fingerprint density at radius 2 is 1.35 bits per heavy atom. The van der Waals surface area contributed by atoms with E-state index in [1.807, 2.05) is 43.3 Å². The predicted molar refractivity (Wildman–Crippen MR) is 185 cm³/mol. The van der Waals surface area contributed by atoms with Gasteiger partial charge in [-0.2, -0.15) is 8.42 Å². The van der Waals surface area contributed by atoms with Gasteiger partial charge in [-0.25, -0.2) is 26.0 Å². The molecule has 0 radical (unpaired) electrons. The molecule has 4 rings (SSSR count). The van der Waals surface area contributed by atoms with Crippen LogP contribution in [0.1, 0.15) is 44.5 Å². The second-order valence-corrected chi connectivity index (χ2v) is 13.2. The third-order valence-corrected chi connectivity index (χ3v) is 7.69. The van der Waals surface area contributed by atoms with E-state index in [2.05, 4.69) is 15.0 Å². The molecular weight excluding hydrogens is 717 g/mol. The van der Waals surface area contributed by atoms with Gasteiger partial charge < -0.3 is 19.9 Å². The van der Waals surface area contributed by atoms with Crippen molar-refractivity contribution in [3.63, 3.8) is 0 Å². The molecule has 1 aromatic carbocycles. The Balaban J connectivity index is 0.000000345. The Morgan fingerprint density at radius 3 is 1.82 bits per heavy atom. The molecule has 276 valence electrons. The summed E-state index contributed by atoms with van der Waals surface area (Å²) >= 11 is -0.750. The van der Waals surface area contributed by atoms with Gasteiger partial charge in [0.1, 0.15) is 23.9 Å². The summed E-state index contributed by atoms with van der Waals surface area (Å²) in [6, 6.07) is 18.0. The van der Waals surface area contributed by atoms with E-state index >= 15 is 0 Å². The van der Waals surface area contributed by atoms with E-state index in [-0.39, 0.29) is 22.9 Å². The van der Waals surface area contributed by atoms with Crippen LogP contribution in [-0.4, -0.2) is 62.6 Å². The van der Waals surface area contributed by atoms with E-state index in [0.29, 0.717) is 23.8 Å². The zero-order chi connectivity index (χ0) is 38.1. The molecule has 0 amide bonds. The van der Waals surface area contributed by atoms with Crippen LogP contribution in [-0.2, 0) is 34.4 Å². The van der Waals surface area contributed by atoms with Crippen LogP contribution in [0, 0.1) is 0 Å². The molecule has 4 aromatic rings. The van der Waals surface area contributed by atoms with Gasteiger partial charge >= 0.3 is 11.6 Å². The third kappa shape index (κ3) is 16.6. The van der Waals surface area contributed by atoms with Crippen molar-refractivity contribution in [2.24, 2.45) is 5.73 Å². The molecule has 0 atom stereocenters. The molecule has 17 heteroatoms. The van der Waals surface area contributed by atoms with Crippen LogP contribution in [0.3, 0.4) is 0 Å². The lowest BCUT2D eigenvalue weighted by molar-refractivity contribution is -0.0234. The highest BCUT2D eigenvalue weighted by molar-refractivity contribution is 7.94. The van der Waals surface area contributed by atoms with Crippen molar-refractivity contribution in [3.8, 4) is 28.6 Å². The van der Waals surface area contributed by atoms with Gasteiger partial charge in [0.25, 0.3) is 11.8 Å². The number of aryl methyl sites for hydroxylation is 1. The summed E-state index contributed by atoms with van der Waals surface area (Å²) in [4.78, 5) is 12.7. The minimum Gasteiger partial charge on any atom is -0.487 e. The van der Waals surface area contributed by atoms with Gasteiger partial charge in [-0.1, -0.05) is 44.2 Å². The summed E-state index contributed by atoms with van der Waals surface area (Å²) in [7, 11) is -3.36. The molecule has 0 aliphatic carbocycles. The van der Waals surface area contributed by atoms with Crippen molar-refractivity contribution in [2.45, 2.75) is 52.6 Å². The van der Waals surface area contributed by atoms with Gasteiger partial charge in [-0.05, 0) is 47.9 Å². The van der Waals surface area contributed by atoms with Crippen LogP contribution in [0.15, 0.2) is 84.7 Å². The van der Waals surface area contributed by atoms with Gasteiger partial charge in [-0.3, -0.25) is 15.0 Å². The monoisotopic (exact) mass is 754 g/mol. The van der Waals surface area contributed by atoms with Crippen LogP contribution in [0.25, 0.3) is 17.1 Å². The Morgan fingerprint density at radius 1 is 0.804 bits per heavy atom. The zero-order valence-electron chi connectivity index (χ0n) is 28.2. The predicted octanol–water partition coefficient (Wildman–Crippen LogP) is 6.46. The van der Waals surface area contributed by atoms with Crippen molar-refractivity contribution < 1.29 is 48.6 Å². The number of halogens is 4. The van der Waals surface area contributed by atoms with Crippen molar-refractivity contribution in [1.29, 1.82) is 0 Å². The molecule has 11 nitrogen and oxygen atoms in total. The van der Waals surface area contributed by atoms with Crippen molar-refractivity contribution >= 4 is 27.1 Å². The summed E-state index contributed by atoms with van der Waals surface area (Å²) in [6.45, 7) is 4.11. The van der Waals surface area contributed by atoms with E-state index < -0.39 is 46.5 Å². The lowest BCUT2D eigenvalue weighted by Crippen LogP contribution is -2.21. The average molecular weight is 755 g/mol. The number of nitrogens with two attached hydrogens (primary N) is 1. The molecule has 0 aliphatic heterocycles. The molecule has 0 aliphatic rings. The first kappa shape index (κ1) is 42.3. The zero-order valence-corrected chi connectivity index (χ0v) is 29.9. The number of rotatable bonds is 14. The molecule has 3 heterocycles. The van der Waals surface area contributed by atoms with Crippen molar-refractivity contribution in [1.82, 2.24) is 15.0 Å². The fraction of sp³-hybridized carbons (Fsp3) is 0.324. The smallest absolute Gasteiger partial charge is 0.335 e. The van der Waals surface area contributed by atoms with Gasteiger partial charge in [-0.15, -0.1) is 0 Å². The molecule has 0 unspecified atom stereocenters. The largest absolute Gasteiger partial charge is 0.487 e. The van der Waals surface area contributed by atoms with Crippen molar-refractivity contribution in [3.05, 3.63) is 101 Å². The average Bonchev–Trinajstić information content (AvgIpc) is 3.09. The Hall–Kier alpha value is -4.90. The highest BCUT2D eigenvalue weighted by Crippen LogP contribution is 2.26. The number of aromatic nitrogens is 3. The van der Waals surface area contributed by atoms with E-state index in [0.717, 1.165) is 42.5 Å². The fourth-order valence-electron chi connectivity index (χ4n) is 3.81. The second-order valence-electron chi connectivity index (χ2n) is 10.9. The fourth-order valence-corrected chi connectivity index (χ4v) is 4.48. The molecule has 0 fully saturated rings. The van der Waals surface area contributed by atoms with Crippen LogP contribution in [0.4, 0.5) is 17.6 Å². The van der Waals surface area contributed by atoms with E-state index in [1.165, 1.54) is 31.5 Å². The number of sulfone groups is 1. The number of ether oxygens (including phenoxy) is 3. The molecule has 0 saturated heterocycles. The van der Waals surface area contributed by atoms with Gasteiger partial charge in [0.2, 0.25) is 0 Å².